The monoisotopic (exact) mass is 270 g/mol. The molecule has 4 nitrogen and oxygen atoms in total. The zero-order chi connectivity index (χ0) is 13.4. The van der Waals surface area contributed by atoms with E-state index in [2.05, 4.69) is 5.32 Å². The number of carbonyl (C=O) groups excluding carboxylic acids is 1. The molecule has 100 valence electrons. The van der Waals surface area contributed by atoms with E-state index in [1.54, 1.807) is 7.11 Å². The van der Waals surface area contributed by atoms with Crippen molar-refractivity contribution in [3.05, 3.63) is 28.8 Å². The molecule has 0 aliphatic carbocycles. The molecule has 0 aliphatic rings. The highest BCUT2D eigenvalue weighted by Crippen LogP contribution is 2.24. The third kappa shape index (κ3) is 5.38. The number of rotatable bonds is 8. The van der Waals surface area contributed by atoms with Crippen LogP contribution in [0.2, 0.25) is 5.02 Å². The van der Waals surface area contributed by atoms with E-state index >= 15 is 0 Å². The third-order valence-electron chi connectivity index (χ3n) is 2.57. The summed E-state index contributed by atoms with van der Waals surface area (Å²) in [7, 11) is 1.60. The molecule has 0 saturated carbocycles. The van der Waals surface area contributed by atoms with Crippen molar-refractivity contribution in [1.82, 2.24) is 5.32 Å². The van der Waals surface area contributed by atoms with Gasteiger partial charge < -0.3 is 15.8 Å². The van der Waals surface area contributed by atoms with Crippen LogP contribution in [0.3, 0.4) is 0 Å². The van der Waals surface area contributed by atoms with Crippen molar-refractivity contribution in [3.8, 4) is 5.75 Å². The molecule has 3 N–H and O–H groups in total. The predicted octanol–water partition coefficient (Wildman–Crippen LogP) is 2.09. The molecule has 0 unspecified atom stereocenters. The topological polar surface area (TPSA) is 64.3 Å². The molecule has 18 heavy (non-hydrogen) atoms. The number of unbranched alkanes of at least 4 members (excludes halogenated alkanes) is 1. The summed E-state index contributed by atoms with van der Waals surface area (Å²) < 4.78 is 5.08. The minimum atomic E-state index is -0.239. The van der Waals surface area contributed by atoms with E-state index in [1.807, 2.05) is 18.2 Å². The molecule has 0 bridgehead atoms. The normalized spacial score (nSPS) is 10.3. The van der Waals surface area contributed by atoms with Gasteiger partial charge in [0, 0.05) is 13.0 Å². The number of halogens is 1. The standard InChI is InChI=1S/C13H19ClN2O2/c1-18-12-6-5-10(8-11(12)14)9-16-7-3-2-4-13(15)17/h5-6,8,16H,2-4,7,9H2,1H3,(H2,15,17). The van der Waals surface area contributed by atoms with Crippen LogP contribution in [-0.4, -0.2) is 19.6 Å². The Morgan fingerprint density at radius 3 is 2.83 bits per heavy atom. The van der Waals surface area contributed by atoms with Crippen molar-refractivity contribution in [1.29, 1.82) is 0 Å². The molecule has 5 heteroatoms. The zero-order valence-corrected chi connectivity index (χ0v) is 11.3. The number of methoxy groups -OCH3 is 1. The Morgan fingerprint density at radius 1 is 1.44 bits per heavy atom. The van der Waals surface area contributed by atoms with Crippen molar-refractivity contribution in [3.63, 3.8) is 0 Å². The average Bonchev–Trinajstić information content (AvgIpc) is 2.33. The number of hydrogen-bond acceptors (Lipinski definition) is 3. The van der Waals surface area contributed by atoms with Gasteiger partial charge in [-0.2, -0.15) is 0 Å². The largest absolute Gasteiger partial charge is 0.495 e. The van der Waals surface area contributed by atoms with E-state index < -0.39 is 0 Å². The van der Waals surface area contributed by atoms with Gasteiger partial charge in [-0.1, -0.05) is 17.7 Å². The van der Waals surface area contributed by atoms with Gasteiger partial charge in [-0.05, 0) is 37.1 Å². The number of primary amides is 1. The Balaban J connectivity index is 2.23. The lowest BCUT2D eigenvalue weighted by molar-refractivity contribution is -0.118. The van der Waals surface area contributed by atoms with Gasteiger partial charge in [-0.3, -0.25) is 4.79 Å². The van der Waals surface area contributed by atoms with Crippen LogP contribution in [-0.2, 0) is 11.3 Å². The molecule has 1 aromatic carbocycles. The van der Waals surface area contributed by atoms with Crippen LogP contribution < -0.4 is 15.8 Å². The smallest absolute Gasteiger partial charge is 0.217 e. The van der Waals surface area contributed by atoms with Crippen LogP contribution in [0.5, 0.6) is 5.75 Å². The number of amides is 1. The maximum atomic E-state index is 10.5. The van der Waals surface area contributed by atoms with Crippen LogP contribution in [0, 0.1) is 0 Å². The summed E-state index contributed by atoms with van der Waals surface area (Å²) >= 11 is 6.02. The molecule has 0 aliphatic heterocycles. The molecule has 1 amide bonds. The highest BCUT2D eigenvalue weighted by atomic mass is 35.5. The first-order valence-corrected chi connectivity index (χ1v) is 6.32. The summed E-state index contributed by atoms with van der Waals surface area (Å²) in [5, 5.41) is 3.90. The summed E-state index contributed by atoms with van der Waals surface area (Å²) in [5.41, 5.74) is 6.16. The second kappa shape index (κ2) is 7.95. The van der Waals surface area contributed by atoms with Crippen molar-refractivity contribution < 1.29 is 9.53 Å². The Kier molecular flexibility index (Phi) is 6.54. The summed E-state index contributed by atoms with van der Waals surface area (Å²) in [6.45, 7) is 1.61. The maximum Gasteiger partial charge on any atom is 0.217 e. The first-order valence-electron chi connectivity index (χ1n) is 5.95. The molecule has 0 heterocycles. The Bertz CT molecular complexity index is 397. The molecule has 0 atom stereocenters. The number of ether oxygens (including phenoxy) is 1. The number of benzene rings is 1. The first kappa shape index (κ1) is 14.8. The van der Waals surface area contributed by atoms with Crippen LogP contribution in [0.15, 0.2) is 18.2 Å². The summed E-state index contributed by atoms with van der Waals surface area (Å²) in [6, 6.07) is 5.71. The van der Waals surface area contributed by atoms with Crippen LogP contribution in [0.1, 0.15) is 24.8 Å². The van der Waals surface area contributed by atoms with Gasteiger partial charge >= 0.3 is 0 Å². The molecule has 1 aromatic rings. The Morgan fingerprint density at radius 2 is 2.22 bits per heavy atom. The molecule has 0 radical (unpaired) electrons. The van der Waals surface area contributed by atoms with E-state index in [0.29, 0.717) is 17.2 Å². The minimum absolute atomic E-state index is 0.239. The summed E-state index contributed by atoms with van der Waals surface area (Å²) in [6.07, 6.45) is 2.22. The molecule has 1 rings (SSSR count). The number of nitrogens with one attached hydrogen (secondary N) is 1. The molecular weight excluding hydrogens is 252 g/mol. The molecule has 0 saturated heterocycles. The number of hydrogen-bond donors (Lipinski definition) is 2. The average molecular weight is 271 g/mol. The third-order valence-corrected chi connectivity index (χ3v) is 2.87. The van der Waals surface area contributed by atoms with E-state index in [0.717, 1.165) is 31.5 Å². The van der Waals surface area contributed by atoms with Gasteiger partial charge in [0.05, 0.1) is 12.1 Å². The van der Waals surface area contributed by atoms with Gasteiger partial charge in [-0.25, -0.2) is 0 Å². The Labute approximate surface area is 112 Å². The Hall–Kier alpha value is -1.26. The van der Waals surface area contributed by atoms with Gasteiger partial charge in [-0.15, -0.1) is 0 Å². The predicted molar refractivity (Wildman–Crippen MR) is 72.8 cm³/mol. The van der Waals surface area contributed by atoms with Crippen LogP contribution >= 0.6 is 11.6 Å². The maximum absolute atomic E-state index is 10.5. The van der Waals surface area contributed by atoms with Crippen LogP contribution in [0.4, 0.5) is 0 Å². The van der Waals surface area contributed by atoms with Crippen molar-refractivity contribution in [2.45, 2.75) is 25.8 Å². The van der Waals surface area contributed by atoms with Gasteiger partial charge in [0.2, 0.25) is 5.91 Å². The van der Waals surface area contributed by atoms with Gasteiger partial charge in [0.25, 0.3) is 0 Å². The highest BCUT2D eigenvalue weighted by Gasteiger charge is 2.01. The molecule has 0 aromatic heterocycles. The second-order valence-corrected chi connectivity index (χ2v) is 4.48. The number of carbonyl (C=O) groups is 1. The van der Waals surface area contributed by atoms with Crippen molar-refractivity contribution in [2.75, 3.05) is 13.7 Å². The SMILES string of the molecule is COc1ccc(CNCCCCC(N)=O)cc1Cl. The zero-order valence-electron chi connectivity index (χ0n) is 10.5. The second-order valence-electron chi connectivity index (χ2n) is 4.07. The van der Waals surface area contributed by atoms with E-state index in [4.69, 9.17) is 22.1 Å². The molecule has 0 spiro atoms. The van der Waals surface area contributed by atoms with Crippen molar-refractivity contribution in [2.24, 2.45) is 5.73 Å². The molecule has 0 fully saturated rings. The highest BCUT2D eigenvalue weighted by molar-refractivity contribution is 6.32. The lowest BCUT2D eigenvalue weighted by Crippen LogP contribution is -2.16. The lowest BCUT2D eigenvalue weighted by Gasteiger charge is -2.07. The quantitative estimate of drug-likeness (QED) is 0.711. The van der Waals surface area contributed by atoms with E-state index in [1.165, 1.54) is 0 Å². The minimum Gasteiger partial charge on any atom is -0.495 e. The summed E-state index contributed by atoms with van der Waals surface area (Å²) in [5.74, 6) is 0.443. The lowest BCUT2D eigenvalue weighted by atomic mass is 10.2. The van der Waals surface area contributed by atoms with Crippen molar-refractivity contribution >= 4 is 17.5 Å². The fourth-order valence-corrected chi connectivity index (χ4v) is 1.88. The van der Waals surface area contributed by atoms with E-state index in [-0.39, 0.29) is 5.91 Å². The first-order chi connectivity index (χ1) is 8.63. The molecular formula is C13H19ClN2O2. The van der Waals surface area contributed by atoms with Gasteiger partial charge in [0.1, 0.15) is 5.75 Å². The summed E-state index contributed by atoms with van der Waals surface area (Å²) in [4.78, 5) is 10.5. The fourth-order valence-electron chi connectivity index (χ4n) is 1.60. The van der Waals surface area contributed by atoms with Crippen LogP contribution in [0.25, 0.3) is 0 Å². The van der Waals surface area contributed by atoms with E-state index in [9.17, 15) is 4.79 Å². The van der Waals surface area contributed by atoms with Gasteiger partial charge in [0.15, 0.2) is 0 Å². The number of nitrogens with two attached hydrogens (primary N) is 1. The fraction of sp³-hybridized carbons (Fsp3) is 0.462.